The standard InChI is InChI=1S/C17H17N3O3/c1-3-22-15-11-14(20-18)16(23-4-2)10-13(15)19-17(21)12-8-6-5-7-9-12/h5-11H,3-4H2,1-2H3. The number of hydrogen-bond acceptors (Lipinski definition) is 3. The summed E-state index contributed by atoms with van der Waals surface area (Å²) in [6, 6.07) is 8.74. The molecule has 2 rings (SSSR count). The summed E-state index contributed by atoms with van der Waals surface area (Å²) in [6.45, 7) is 4.40. The highest BCUT2D eigenvalue weighted by Gasteiger charge is 2.26. The van der Waals surface area contributed by atoms with Gasteiger partial charge in [0.25, 0.3) is 5.91 Å². The second-order valence-corrected chi connectivity index (χ2v) is 4.54. The van der Waals surface area contributed by atoms with Crippen molar-refractivity contribution in [1.29, 1.82) is 0 Å². The third-order valence-electron chi connectivity index (χ3n) is 2.99. The molecule has 0 aromatic heterocycles. The Morgan fingerprint density at radius 2 is 1.74 bits per heavy atom. The zero-order valence-corrected chi connectivity index (χ0v) is 13.0. The zero-order chi connectivity index (χ0) is 16.7. The maximum Gasteiger partial charge on any atom is 0.360 e. The lowest BCUT2D eigenvalue weighted by Crippen LogP contribution is -2.19. The second kappa shape index (κ2) is 7.87. The Morgan fingerprint density at radius 1 is 1.09 bits per heavy atom. The predicted octanol–water partition coefficient (Wildman–Crippen LogP) is 2.79. The minimum absolute atomic E-state index is 0.224. The van der Waals surface area contributed by atoms with E-state index in [0.717, 1.165) is 0 Å². The fourth-order valence-electron chi connectivity index (χ4n) is 2.00. The average molecular weight is 311 g/mol. The van der Waals surface area contributed by atoms with Gasteiger partial charge in [-0.25, -0.2) is 4.99 Å². The lowest BCUT2D eigenvalue weighted by Gasteiger charge is -2.13. The van der Waals surface area contributed by atoms with Crippen LogP contribution in [0.2, 0.25) is 0 Å². The number of ether oxygens (including phenoxy) is 2. The summed E-state index contributed by atoms with van der Waals surface area (Å²) in [4.78, 5) is 19.5. The molecule has 0 radical (unpaired) electrons. The molecule has 0 atom stereocenters. The van der Waals surface area contributed by atoms with Gasteiger partial charge in [0.15, 0.2) is 5.76 Å². The fraction of sp³-hybridized carbons (Fsp3) is 0.235. The molecular formula is C17H17N3O3. The number of benzene rings is 1. The molecule has 0 bridgehead atoms. The van der Waals surface area contributed by atoms with Crippen LogP contribution < -0.4 is 0 Å². The SMILES string of the molecule is CCOC1=CC(=[N+]=[N-])C(OCC)=CC1=NC(=O)c1ccccc1. The third-order valence-corrected chi connectivity index (χ3v) is 2.99. The maximum absolute atomic E-state index is 12.3. The molecule has 0 N–H and O–H groups in total. The molecule has 1 amide bonds. The quantitative estimate of drug-likeness (QED) is 0.476. The van der Waals surface area contributed by atoms with E-state index in [1.54, 1.807) is 24.3 Å². The van der Waals surface area contributed by atoms with E-state index < -0.39 is 0 Å². The van der Waals surface area contributed by atoms with E-state index in [1.165, 1.54) is 12.2 Å². The highest BCUT2D eigenvalue weighted by atomic mass is 16.5. The molecule has 0 saturated carbocycles. The lowest BCUT2D eigenvalue weighted by atomic mass is 10.1. The van der Waals surface area contributed by atoms with E-state index in [4.69, 9.17) is 15.0 Å². The Morgan fingerprint density at radius 3 is 2.35 bits per heavy atom. The summed E-state index contributed by atoms with van der Waals surface area (Å²) < 4.78 is 10.9. The minimum atomic E-state index is -0.386. The first-order valence-electron chi connectivity index (χ1n) is 7.29. The Labute approximate surface area is 134 Å². The molecule has 6 nitrogen and oxygen atoms in total. The molecule has 0 unspecified atom stereocenters. The topological polar surface area (TPSA) is 84.3 Å². The van der Waals surface area contributed by atoms with E-state index in [1.807, 2.05) is 19.9 Å². The molecule has 0 heterocycles. The Hall–Kier alpha value is -2.98. The maximum atomic E-state index is 12.3. The molecule has 118 valence electrons. The summed E-state index contributed by atoms with van der Waals surface area (Å²) in [5.74, 6) is 0.300. The van der Waals surface area contributed by atoms with Crippen molar-refractivity contribution in [3.63, 3.8) is 0 Å². The van der Waals surface area contributed by atoms with Gasteiger partial charge in [0.2, 0.25) is 5.76 Å². The van der Waals surface area contributed by atoms with Crippen molar-refractivity contribution in [2.45, 2.75) is 13.8 Å². The molecular weight excluding hydrogens is 294 g/mol. The van der Waals surface area contributed by atoms with Crippen molar-refractivity contribution in [2.75, 3.05) is 13.2 Å². The van der Waals surface area contributed by atoms with Crippen molar-refractivity contribution in [2.24, 2.45) is 4.99 Å². The van der Waals surface area contributed by atoms with Gasteiger partial charge < -0.3 is 15.0 Å². The Bertz CT molecular complexity index is 727. The first-order valence-corrected chi connectivity index (χ1v) is 7.29. The number of carbonyl (C=O) groups excluding carboxylic acids is 1. The highest BCUT2D eigenvalue weighted by molar-refractivity contribution is 6.23. The van der Waals surface area contributed by atoms with Crippen molar-refractivity contribution < 1.29 is 19.1 Å². The van der Waals surface area contributed by atoms with Gasteiger partial charge in [0.05, 0.1) is 19.3 Å². The van der Waals surface area contributed by atoms with Gasteiger partial charge in [-0.05, 0) is 26.0 Å². The third kappa shape index (κ3) is 4.02. The summed E-state index contributed by atoms with van der Waals surface area (Å²) in [5.41, 5.74) is 10.1. The smallest absolute Gasteiger partial charge is 0.360 e. The van der Waals surface area contributed by atoms with Gasteiger partial charge in [-0.3, -0.25) is 4.79 Å². The van der Waals surface area contributed by atoms with Crippen LogP contribution in [0.25, 0.3) is 5.53 Å². The lowest BCUT2D eigenvalue weighted by molar-refractivity contribution is -0.00791. The van der Waals surface area contributed by atoms with Gasteiger partial charge in [-0.15, -0.1) is 0 Å². The van der Waals surface area contributed by atoms with Crippen LogP contribution in [-0.2, 0) is 9.47 Å². The molecule has 0 saturated heterocycles. The molecule has 6 heteroatoms. The van der Waals surface area contributed by atoms with Crippen LogP contribution in [0.5, 0.6) is 0 Å². The number of allylic oxidation sites excluding steroid dienone is 2. The van der Waals surface area contributed by atoms with Crippen LogP contribution in [0.3, 0.4) is 0 Å². The number of carbonyl (C=O) groups is 1. The molecule has 23 heavy (non-hydrogen) atoms. The molecule has 1 aliphatic rings. The molecule has 1 aromatic rings. The van der Waals surface area contributed by atoms with Crippen molar-refractivity contribution in [3.05, 3.63) is 65.1 Å². The predicted molar refractivity (Wildman–Crippen MR) is 86.3 cm³/mol. The van der Waals surface area contributed by atoms with Crippen LogP contribution in [0.15, 0.2) is 59.0 Å². The summed E-state index contributed by atoms with van der Waals surface area (Å²) >= 11 is 0. The van der Waals surface area contributed by atoms with E-state index in [2.05, 4.69) is 9.78 Å². The van der Waals surface area contributed by atoms with Gasteiger partial charge in [0.1, 0.15) is 5.71 Å². The van der Waals surface area contributed by atoms with Gasteiger partial charge in [-0.1, -0.05) is 18.2 Å². The first kappa shape index (κ1) is 16.4. The van der Waals surface area contributed by atoms with Crippen LogP contribution in [0, 0.1) is 0 Å². The Kier molecular flexibility index (Phi) is 5.61. The Balaban J connectivity index is 2.41. The average Bonchev–Trinajstić information content (AvgIpc) is 2.58. The molecule has 0 aliphatic heterocycles. The molecule has 0 spiro atoms. The number of hydrogen-bond donors (Lipinski definition) is 0. The summed E-state index contributed by atoms with van der Waals surface area (Å²) in [7, 11) is 0. The van der Waals surface area contributed by atoms with Crippen LogP contribution in [0.1, 0.15) is 24.2 Å². The minimum Gasteiger partial charge on any atom is -0.491 e. The van der Waals surface area contributed by atoms with Crippen molar-refractivity contribution in [1.82, 2.24) is 0 Å². The van der Waals surface area contributed by atoms with E-state index in [9.17, 15) is 4.79 Å². The number of aliphatic imine (C=N–C) groups is 1. The monoisotopic (exact) mass is 311 g/mol. The molecule has 1 aliphatic carbocycles. The molecule has 0 fully saturated rings. The van der Waals surface area contributed by atoms with Gasteiger partial charge in [-0.2, -0.15) is 4.79 Å². The van der Waals surface area contributed by atoms with Crippen molar-refractivity contribution in [3.8, 4) is 0 Å². The second-order valence-electron chi connectivity index (χ2n) is 4.54. The number of nitrogens with zero attached hydrogens (tertiary/aromatic N) is 3. The largest absolute Gasteiger partial charge is 0.491 e. The van der Waals surface area contributed by atoms with Crippen LogP contribution in [0.4, 0.5) is 0 Å². The molecule has 1 aromatic carbocycles. The zero-order valence-electron chi connectivity index (χ0n) is 13.0. The van der Waals surface area contributed by atoms with Crippen LogP contribution in [-0.4, -0.2) is 35.3 Å². The summed E-state index contributed by atoms with van der Waals surface area (Å²) in [5, 5.41) is 0. The van der Waals surface area contributed by atoms with E-state index in [-0.39, 0.29) is 11.6 Å². The summed E-state index contributed by atoms with van der Waals surface area (Å²) in [6.07, 6.45) is 3.02. The highest BCUT2D eigenvalue weighted by Crippen LogP contribution is 2.16. The van der Waals surface area contributed by atoms with Gasteiger partial charge in [0, 0.05) is 11.6 Å². The van der Waals surface area contributed by atoms with E-state index >= 15 is 0 Å². The number of rotatable bonds is 5. The van der Waals surface area contributed by atoms with Gasteiger partial charge >= 0.3 is 5.71 Å². The van der Waals surface area contributed by atoms with Crippen LogP contribution >= 0.6 is 0 Å². The first-order chi connectivity index (χ1) is 11.2. The van der Waals surface area contributed by atoms with Crippen molar-refractivity contribution >= 4 is 17.3 Å². The normalized spacial score (nSPS) is 15.6. The van der Waals surface area contributed by atoms with E-state index in [0.29, 0.717) is 36.0 Å². The fourth-order valence-corrected chi connectivity index (χ4v) is 2.00. The number of amides is 1.